The molecule has 21 heavy (non-hydrogen) atoms. The largest absolute Gasteiger partial charge is 0.321 e. The zero-order valence-corrected chi connectivity index (χ0v) is 12.2. The number of hydrogen-bond acceptors (Lipinski definition) is 4. The highest BCUT2D eigenvalue weighted by Crippen LogP contribution is 2.10. The number of aromatic nitrogens is 1. The normalized spacial score (nSPS) is 12.3. The first-order valence-electron chi connectivity index (χ1n) is 6.84. The van der Waals surface area contributed by atoms with Gasteiger partial charge in [-0.05, 0) is 31.0 Å². The van der Waals surface area contributed by atoms with Crippen molar-refractivity contribution in [3.8, 4) is 0 Å². The molecule has 1 aromatic heterocycles. The lowest BCUT2D eigenvalue weighted by Gasteiger charge is -2.08. The van der Waals surface area contributed by atoms with Crippen LogP contribution in [0.15, 0.2) is 58.9 Å². The molecule has 0 spiro atoms. The molecule has 1 heterocycles. The van der Waals surface area contributed by atoms with Crippen LogP contribution < -0.4 is 11.3 Å². The summed E-state index contributed by atoms with van der Waals surface area (Å²) in [4.78, 5) is 4.19. The van der Waals surface area contributed by atoms with Crippen molar-refractivity contribution >= 4 is 11.5 Å². The molecule has 2 rings (SSSR count). The Bertz CT molecular complexity index is 647. The van der Waals surface area contributed by atoms with Gasteiger partial charge in [0.2, 0.25) is 0 Å². The van der Waals surface area contributed by atoms with Gasteiger partial charge in [-0.25, -0.2) is 0 Å². The Balaban J connectivity index is 2.20. The van der Waals surface area contributed by atoms with Crippen LogP contribution in [0.1, 0.15) is 30.7 Å². The van der Waals surface area contributed by atoms with Crippen LogP contribution in [-0.2, 0) is 6.42 Å². The third-order valence-corrected chi connectivity index (χ3v) is 3.15. The van der Waals surface area contributed by atoms with Gasteiger partial charge in [0.25, 0.3) is 0 Å². The summed E-state index contributed by atoms with van der Waals surface area (Å²) in [5.74, 6) is 5.84. The van der Waals surface area contributed by atoms with Gasteiger partial charge in [0.15, 0.2) is 5.84 Å². The number of nitrogens with one attached hydrogen (secondary N) is 1. The molecular formula is C16H19N5. The van der Waals surface area contributed by atoms with Crippen molar-refractivity contribution in [3.05, 3.63) is 65.5 Å². The minimum Gasteiger partial charge on any atom is -0.321 e. The Morgan fingerprint density at radius 2 is 1.95 bits per heavy atom. The van der Waals surface area contributed by atoms with E-state index in [1.165, 1.54) is 5.56 Å². The second-order valence-electron chi connectivity index (χ2n) is 4.51. The monoisotopic (exact) mass is 281 g/mol. The fourth-order valence-electron chi connectivity index (χ4n) is 2.03. The van der Waals surface area contributed by atoms with Crippen LogP contribution in [0.4, 0.5) is 0 Å². The number of amidine groups is 1. The zero-order valence-electron chi connectivity index (χ0n) is 12.2. The molecule has 0 aliphatic carbocycles. The Morgan fingerprint density at radius 3 is 2.62 bits per heavy atom. The summed E-state index contributed by atoms with van der Waals surface area (Å²) < 4.78 is 0. The molecule has 0 saturated heterocycles. The van der Waals surface area contributed by atoms with E-state index in [9.17, 15) is 0 Å². The number of aryl methyl sites for hydroxylation is 1. The standard InChI is InChI=1S/C16H19N5/c1-3-13-8-4-5-9-14(13)12(2)20-21-16(19-17)15-10-6-7-11-18-15/h4-11H,3,17H2,1-2H3,(H,19,21)/b20-12-. The molecule has 3 N–H and O–H groups in total. The van der Waals surface area contributed by atoms with Gasteiger partial charge in [-0.1, -0.05) is 37.3 Å². The second kappa shape index (κ2) is 7.19. The molecule has 2 aromatic rings. The second-order valence-corrected chi connectivity index (χ2v) is 4.51. The maximum atomic E-state index is 5.40. The van der Waals surface area contributed by atoms with E-state index in [0.29, 0.717) is 11.5 Å². The van der Waals surface area contributed by atoms with Gasteiger partial charge in [0.1, 0.15) is 5.69 Å². The summed E-state index contributed by atoms with van der Waals surface area (Å²) in [6.07, 6.45) is 2.65. The number of benzene rings is 1. The first kappa shape index (κ1) is 14.7. The molecule has 0 radical (unpaired) electrons. The van der Waals surface area contributed by atoms with E-state index in [-0.39, 0.29) is 0 Å². The quantitative estimate of drug-likeness (QED) is 0.391. The highest BCUT2D eigenvalue weighted by atomic mass is 15.4. The predicted molar refractivity (Wildman–Crippen MR) is 86.1 cm³/mol. The van der Waals surface area contributed by atoms with E-state index >= 15 is 0 Å². The fourth-order valence-corrected chi connectivity index (χ4v) is 2.03. The maximum Gasteiger partial charge on any atom is 0.191 e. The predicted octanol–water partition coefficient (Wildman–Crippen LogP) is 2.28. The van der Waals surface area contributed by atoms with Crippen LogP contribution >= 0.6 is 0 Å². The van der Waals surface area contributed by atoms with Gasteiger partial charge in [-0.2, -0.15) is 10.2 Å². The summed E-state index contributed by atoms with van der Waals surface area (Å²) in [5.41, 5.74) is 6.79. The lowest BCUT2D eigenvalue weighted by molar-refractivity contribution is 0.987. The Hall–Kier alpha value is -2.69. The highest BCUT2D eigenvalue weighted by Gasteiger charge is 2.05. The van der Waals surface area contributed by atoms with Gasteiger partial charge in [0.05, 0.1) is 5.71 Å². The van der Waals surface area contributed by atoms with Crippen molar-refractivity contribution in [1.29, 1.82) is 0 Å². The lowest BCUT2D eigenvalue weighted by atomic mass is 10.0. The van der Waals surface area contributed by atoms with Crippen molar-refractivity contribution in [2.24, 2.45) is 16.0 Å². The number of nitrogens with two attached hydrogens (primary N) is 1. The van der Waals surface area contributed by atoms with Crippen LogP contribution in [0.5, 0.6) is 0 Å². The molecule has 0 aliphatic heterocycles. The van der Waals surface area contributed by atoms with Crippen molar-refractivity contribution in [3.63, 3.8) is 0 Å². The number of pyridine rings is 1. The van der Waals surface area contributed by atoms with Crippen molar-refractivity contribution in [1.82, 2.24) is 10.4 Å². The Labute approximate surface area is 124 Å². The summed E-state index contributed by atoms with van der Waals surface area (Å²) in [6, 6.07) is 13.7. The molecular weight excluding hydrogens is 262 g/mol. The molecule has 0 amide bonds. The molecule has 5 nitrogen and oxygen atoms in total. The van der Waals surface area contributed by atoms with E-state index in [1.54, 1.807) is 6.20 Å². The Kier molecular flexibility index (Phi) is 5.04. The topological polar surface area (TPSA) is 75.7 Å². The first-order chi connectivity index (χ1) is 10.3. The minimum atomic E-state index is 0.434. The third-order valence-electron chi connectivity index (χ3n) is 3.15. The van der Waals surface area contributed by atoms with Gasteiger partial charge in [-0.3, -0.25) is 10.4 Å². The average molecular weight is 281 g/mol. The molecule has 108 valence electrons. The average Bonchev–Trinajstić information content (AvgIpc) is 2.56. The van der Waals surface area contributed by atoms with Crippen LogP contribution in [0.2, 0.25) is 0 Å². The number of hydrazone groups is 2. The Morgan fingerprint density at radius 1 is 1.19 bits per heavy atom. The van der Waals surface area contributed by atoms with E-state index in [4.69, 9.17) is 5.84 Å². The molecule has 0 aliphatic rings. The van der Waals surface area contributed by atoms with Gasteiger partial charge >= 0.3 is 0 Å². The molecule has 0 fully saturated rings. The zero-order chi connectivity index (χ0) is 15.1. The summed E-state index contributed by atoms with van der Waals surface area (Å²) in [7, 11) is 0. The van der Waals surface area contributed by atoms with E-state index in [0.717, 1.165) is 17.7 Å². The number of rotatable bonds is 4. The fraction of sp³-hybridized carbons (Fsp3) is 0.188. The van der Waals surface area contributed by atoms with Gasteiger partial charge < -0.3 is 5.84 Å². The van der Waals surface area contributed by atoms with Crippen LogP contribution in [-0.4, -0.2) is 16.5 Å². The minimum absolute atomic E-state index is 0.434. The first-order valence-corrected chi connectivity index (χ1v) is 6.84. The molecule has 0 saturated carbocycles. The third kappa shape index (κ3) is 3.66. The summed E-state index contributed by atoms with van der Waals surface area (Å²) >= 11 is 0. The van der Waals surface area contributed by atoms with Crippen molar-refractivity contribution in [2.75, 3.05) is 0 Å². The van der Waals surface area contributed by atoms with Crippen LogP contribution in [0.25, 0.3) is 0 Å². The molecule has 5 heteroatoms. The number of hydrogen-bond donors (Lipinski definition) is 2. The summed E-state index contributed by atoms with van der Waals surface area (Å²) in [5, 5.41) is 8.07. The van der Waals surface area contributed by atoms with Crippen molar-refractivity contribution < 1.29 is 0 Å². The highest BCUT2D eigenvalue weighted by molar-refractivity contribution is 6.02. The van der Waals surface area contributed by atoms with E-state index in [2.05, 4.69) is 39.7 Å². The summed E-state index contributed by atoms with van der Waals surface area (Å²) in [6.45, 7) is 4.08. The number of nitrogens with zero attached hydrogens (tertiary/aromatic N) is 3. The molecule has 0 bridgehead atoms. The smallest absolute Gasteiger partial charge is 0.191 e. The maximum absolute atomic E-state index is 5.40. The van der Waals surface area contributed by atoms with Gasteiger partial charge in [-0.15, -0.1) is 0 Å². The molecule has 0 unspecified atom stereocenters. The van der Waals surface area contributed by atoms with E-state index in [1.807, 2.05) is 37.3 Å². The lowest BCUT2D eigenvalue weighted by Crippen LogP contribution is -2.23. The van der Waals surface area contributed by atoms with Gasteiger partial charge in [0, 0.05) is 11.8 Å². The van der Waals surface area contributed by atoms with Crippen LogP contribution in [0, 0.1) is 0 Å². The SMILES string of the molecule is CCc1ccccc1/C(C)=N\N/C(=N/N)c1ccccn1. The van der Waals surface area contributed by atoms with E-state index < -0.39 is 0 Å². The van der Waals surface area contributed by atoms with Crippen molar-refractivity contribution in [2.45, 2.75) is 20.3 Å². The van der Waals surface area contributed by atoms with Crippen LogP contribution in [0.3, 0.4) is 0 Å². The molecule has 0 atom stereocenters. The molecule has 1 aromatic carbocycles.